The highest BCUT2D eigenvalue weighted by atomic mass is 32.2. The Morgan fingerprint density at radius 3 is 2.67 bits per heavy atom. The fourth-order valence-electron chi connectivity index (χ4n) is 3.40. The molecule has 3 rings (SSSR count). The zero-order valence-corrected chi connectivity index (χ0v) is 16.5. The zero-order valence-electron chi connectivity index (χ0n) is 15.7. The van der Waals surface area contributed by atoms with Crippen molar-refractivity contribution < 1.29 is 17.9 Å². The Hall–Kier alpha value is -2.54. The van der Waals surface area contributed by atoms with E-state index in [0.29, 0.717) is 17.0 Å². The van der Waals surface area contributed by atoms with Gasteiger partial charge >= 0.3 is 0 Å². The largest absolute Gasteiger partial charge is 0.496 e. The van der Waals surface area contributed by atoms with Crippen molar-refractivity contribution in [2.45, 2.75) is 25.3 Å². The maximum Gasteiger partial charge on any atom is 0.255 e. The molecule has 0 saturated carbocycles. The summed E-state index contributed by atoms with van der Waals surface area (Å²) < 4.78 is 30.1. The van der Waals surface area contributed by atoms with E-state index in [4.69, 9.17) is 4.74 Å². The van der Waals surface area contributed by atoms with Gasteiger partial charge in [0.1, 0.15) is 5.75 Å². The topological polar surface area (TPSA) is 75.7 Å². The van der Waals surface area contributed by atoms with Crippen molar-refractivity contribution >= 4 is 21.6 Å². The third-order valence-corrected chi connectivity index (χ3v) is 6.17. The van der Waals surface area contributed by atoms with Gasteiger partial charge in [-0.2, -0.15) is 0 Å². The first-order chi connectivity index (χ1) is 12.8. The smallest absolute Gasteiger partial charge is 0.255 e. The molecule has 0 radical (unpaired) electrons. The maximum atomic E-state index is 13.0. The van der Waals surface area contributed by atoms with Crippen LogP contribution >= 0.6 is 0 Å². The quantitative estimate of drug-likeness (QED) is 0.855. The summed E-state index contributed by atoms with van der Waals surface area (Å²) in [6.07, 6.45) is 4.01. The molecule has 0 saturated heterocycles. The molecule has 1 unspecified atom stereocenters. The molecule has 1 N–H and O–H groups in total. The molecule has 1 amide bonds. The Labute approximate surface area is 160 Å². The Balaban J connectivity index is 1.90. The normalized spacial score (nSPS) is 16.3. The lowest BCUT2D eigenvalue weighted by Gasteiger charge is -2.27. The summed E-state index contributed by atoms with van der Waals surface area (Å²) in [5, 5.41) is 3.08. The lowest BCUT2D eigenvalue weighted by Crippen LogP contribution is -2.31. The van der Waals surface area contributed by atoms with Crippen LogP contribution < -0.4 is 14.4 Å². The molecular weight excluding hydrogens is 364 g/mol. The minimum absolute atomic E-state index is 0.0663. The SMILES string of the molecule is COc1ccc(N(C)S(C)(=O)=O)cc1C(=O)NC1CCCc2ccccc21. The molecule has 2 aromatic rings. The molecule has 2 aromatic carbocycles. The van der Waals surface area contributed by atoms with Crippen molar-refractivity contribution in [2.75, 3.05) is 24.7 Å². The number of ether oxygens (including phenoxy) is 1. The summed E-state index contributed by atoms with van der Waals surface area (Å²) >= 11 is 0. The zero-order chi connectivity index (χ0) is 19.6. The molecule has 27 heavy (non-hydrogen) atoms. The number of aryl methyl sites for hydroxylation is 1. The highest BCUT2D eigenvalue weighted by molar-refractivity contribution is 7.92. The predicted octanol–water partition coefficient (Wildman–Crippen LogP) is 2.90. The van der Waals surface area contributed by atoms with Gasteiger partial charge in [-0.1, -0.05) is 24.3 Å². The van der Waals surface area contributed by atoms with Gasteiger partial charge < -0.3 is 10.1 Å². The second-order valence-electron chi connectivity index (χ2n) is 6.73. The van der Waals surface area contributed by atoms with E-state index in [1.165, 1.54) is 19.7 Å². The molecule has 144 valence electrons. The summed E-state index contributed by atoms with van der Waals surface area (Å²) in [5.74, 6) is 0.125. The van der Waals surface area contributed by atoms with Gasteiger partial charge in [0.15, 0.2) is 0 Å². The molecule has 1 atom stereocenters. The van der Waals surface area contributed by atoms with Gasteiger partial charge in [0.05, 0.1) is 30.7 Å². The third kappa shape index (κ3) is 4.08. The van der Waals surface area contributed by atoms with E-state index in [9.17, 15) is 13.2 Å². The Kier molecular flexibility index (Phi) is 5.41. The Morgan fingerprint density at radius 2 is 1.96 bits per heavy atom. The highest BCUT2D eigenvalue weighted by Crippen LogP contribution is 2.31. The number of sulfonamides is 1. The van der Waals surface area contributed by atoms with E-state index in [2.05, 4.69) is 11.4 Å². The Morgan fingerprint density at radius 1 is 1.22 bits per heavy atom. The maximum absolute atomic E-state index is 13.0. The molecule has 1 aliphatic carbocycles. The third-order valence-electron chi connectivity index (χ3n) is 4.96. The number of carbonyl (C=O) groups is 1. The van der Waals surface area contributed by atoms with Crippen molar-refractivity contribution in [2.24, 2.45) is 0 Å². The van der Waals surface area contributed by atoms with Crippen LogP contribution in [0.15, 0.2) is 42.5 Å². The molecule has 0 aromatic heterocycles. The van der Waals surface area contributed by atoms with E-state index in [1.807, 2.05) is 18.2 Å². The number of hydrogen-bond acceptors (Lipinski definition) is 4. The first kappa shape index (κ1) is 19.2. The van der Waals surface area contributed by atoms with Crippen molar-refractivity contribution in [3.63, 3.8) is 0 Å². The van der Waals surface area contributed by atoms with E-state index in [1.54, 1.807) is 18.2 Å². The second-order valence-corrected chi connectivity index (χ2v) is 8.75. The van der Waals surface area contributed by atoms with Crippen molar-refractivity contribution in [1.29, 1.82) is 0 Å². The van der Waals surface area contributed by atoms with Crippen LogP contribution in [0.2, 0.25) is 0 Å². The van der Waals surface area contributed by atoms with E-state index in [-0.39, 0.29) is 11.9 Å². The monoisotopic (exact) mass is 388 g/mol. The predicted molar refractivity (Wildman–Crippen MR) is 106 cm³/mol. The summed E-state index contributed by atoms with van der Waals surface area (Å²) in [4.78, 5) is 13.0. The summed E-state index contributed by atoms with van der Waals surface area (Å²) in [7, 11) is -0.482. The number of carbonyl (C=O) groups excluding carboxylic acids is 1. The number of rotatable bonds is 5. The molecule has 0 aliphatic heterocycles. The number of fused-ring (bicyclic) bond motifs is 1. The highest BCUT2D eigenvalue weighted by Gasteiger charge is 2.24. The standard InChI is InChI=1S/C20H24N2O4S/c1-22(27(3,24)25)15-11-12-19(26-2)17(13-15)20(23)21-18-10-6-8-14-7-4-5-9-16(14)18/h4-5,7,9,11-13,18H,6,8,10H2,1-3H3,(H,21,23). The van der Waals surface area contributed by atoms with Gasteiger partial charge in [-0.15, -0.1) is 0 Å². The second kappa shape index (κ2) is 7.60. The number of nitrogens with one attached hydrogen (secondary N) is 1. The first-order valence-electron chi connectivity index (χ1n) is 8.82. The summed E-state index contributed by atoms with van der Waals surface area (Å²) in [6, 6.07) is 12.8. The Bertz CT molecular complexity index is 956. The molecule has 7 heteroatoms. The van der Waals surface area contributed by atoms with Crippen LogP contribution in [0.1, 0.15) is 40.4 Å². The van der Waals surface area contributed by atoms with E-state index in [0.717, 1.165) is 35.4 Å². The minimum atomic E-state index is -3.42. The molecule has 0 heterocycles. The summed E-state index contributed by atoms with van der Waals surface area (Å²) in [6.45, 7) is 0. The van der Waals surface area contributed by atoms with Crippen molar-refractivity contribution in [1.82, 2.24) is 5.32 Å². The minimum Gasteiger partial charge on any atom is -0.496 e. The fraction of sp³-hybridized carbons (Fsp3) is 0.350. The first-order valence-corrected chi connectivity index (χ1v) is 10.7. The summed E-state index contributed by atoms with van der Waals surface area (Å²) in [5.41, 5.74) is 3.12. The van der Waals surface area contributed by atoms with Gasteiger partial charge in [0.2, 0.25) is 10.0 Å². The number of benzene rings is 2. The average molecular weight is 388 g/mol. The molecule has 0 bridgehead atoms. The van der Waals surface area contributed by atoms with Crippen LogP contribution in [0.5, 0.6) is 5.75 Å². The molecular formula is C20H24N2O4S. The van der Waals surface area contributed by atoms with Gasteiger partial charge in [0, 0.05) is 7.05 Å². The number of nitrogens with zero attached hydrogens (tertiary/aromatic N) is 1. The van der Waals surface area contributed by atoms with Gasteiger partial charge in [0.25, 0.3) is 5.91 Å². The average Bonchev–Trinajstić information content (AvgIpc) is 2.66. The van der Waals surface area contributed by atoms with Crippen molar-refractivity contribution in [3.05, 3.63) is 59.2 Å². The van der Waals surface area contributed by atoms with E-state index < -0.39 is 10.0 Å². The van der Waals surface area contributed by atoms with Crippen LogP contribution in [0.4, 0.5) is 5.69 Å². The number of hydrogen-bond donors (Lipinski definition) is 1. The van der Waals surface area contributed by atoms with Crippen molar-refractivity contribution in [3.8, 4) is 5.75 Å². The van der Waals surface area contributed by atoms with Gasteiger partial charge in [-0.25, -0.2) is 8.42 Å². The molecule has 6 nitrogen and oxygen atoms in total. The lowest BCUT2D eigenvalue weighted by atomic mass is 9.87. The van der Waals surface area contributed by atoms with Crippen LogP contribution in [0, 0.1) is 0 Å². The van der Waals surface area contributed by atoms with E-state index >= 15 is 0 Å². The lowest BCUT2D eigenvalue weighted by molar-refractivity contribution is 0.0929. The van der Waals surface area contributed by atoms with Gasteiger partial charge in [-0.05, 0) is 48.6 Å². The molecule has 0 spiro atoms. The number of amides is 1. The van der Waals surface area contributed by atoms with Crippen LogP contribution in [0.3, 0.4) is 0 Å². The number of methoxy groups -OCH3 is 1. The fourth-order valence-corrected chi connectivity index (χ4v) is 3.90. The van der Waals surface area contributed by atoms with Crippen LogP contribution in [-0.2, 0) is 16.4 Å². The molecule has 0 fully saturated rings. The van der Waals surface area contributed by atoms with Crippen LogP contribution in [-0.4, -0.2) is 34.7 Å². The molecule has 1 aliphatic rings. The van der Waals surface area contributed by atoms with Crippen LogP contribution in [0.25, 0.3) is 0 Å². The number of anilines is 1. The van der Waals surface area contributed by atoms with Gasteiger partial charge in [-0.3, -0.25) is 9.10 Å².